The van der Waals surface area contributed by atoms with Crippen molar-refractivity contribution in [2.24, 2.45) is 0 Å². The van der Waals surface area contributed by atoms with Gasteiger partial charge in [-0.2, -0.15) is 5.10 Å². The Morgan fingerprint density at radius 3 is 2.63 bits per heavy atom. The molecule has 3 aromatic heterocycles. The van der Waals surface area contributed by atoms with Gasteiger partial charge in [0.2, 0.25) is 11.0 Å². The maximum Gasteiger partial charge on any atom is 0.252 e. The van der Waals surface area contributed by atoms with Crippen molar-refractivity contribution in [2.45, 2.75) is 40.2 Å². The van der Waals surface area contributed by atoms with Crippen LogP contribution in [0, 0.1) is 13.8 Å². The highest BCUT2D eigenvalue weighted by atomic mass is 32.1. The summed E-state index contributed by atoms with van der Waals surface area (Å²) in [5, 5.41) is 17.7. The highest BCUT2D eigenvalue weighted by molar-refractivity contribution is 7.15. The lowest BCUT2D eigenvalue weighted by atomic mass is 10.1. The number of para-hydroxylation sites is 1. The number of hydrogen-bond donors (Lipinski definition) is 1. The van der Waals surface area contributed by atoms with E-state index in [4.69, 9.17) is 0 Å². The van der Waals surface area contributed by atoms with E-state index in [9.17, 15) is 9.59 Å². The number of nitrogens with zero attached hydrogens (tertiary/aromatic N) is 5. The van der Waals surface area contributed by atoms with E-state index in [1.807, 2.05) is 51.1 Å². The van der Waals surface area contributed by atoms with Crippen molar-refractivity contribution in [1.29, 1.82) is 0 Å². The van der Waals surface area contributed by atoms with Crippen molar-refractivity contribution in [2.75, 3.05) is 5.32 Å². The van der Waals surface area contributed by atoms with Gasteiger partial charge in [-0.15, -0.1) is 10.2 Å². The molecule has 3 heterocycles. The summed E-state index contributed by atoms with van der Waals surface area (Å²) in [5.41, 5.74) is 3.11. The number of rotatable bonds is 6. The Balaban J connectivity index is 1.68. The first-order chi connectivity index (χ1) is 14.5. The van der Waals surface area contributed by atoms with E-state index >= 15 is 0 Å². The molecule has 9 heteroatoms. The smallest absolute Gasteiger partial charge is 0.252 e. The minimum atomic E-state index is -0.211. The first-order valence-corrected chi connectivity index (χ1v) is 10.6. The monoisotopic (exact) mass is 422 g/mol. The van der Waals surface area contributed by atoms with Crippen LogP contribution >= 0.6 is 11.3 Å². The van der Waals surface area contributed by atoms with Gasteiger partial charge >= 0.3 is 0 Å². The van der Waals surface area contributed by atoms with Crippen LogP contribution in [0.25, 0.3) is 16.7 Å². The minimum Gasteiger partial charge on any atom is -0.300 e. The summed E-state index contributed by atoms with van der Waals surface area (Å²) >= 11 is 1.36. The molecule has 0 bridgehead atoms. The molecule has 0 aliphatic rings. The third-order valence-corrected chi connectivity index (χ3v) is 5.85. The maximum absolute atomic E-state index is 12.8. The number of carbonyl (C=O) groups is 1. The van der Waals surface area contributed by atoms with Gasteiger partial charge in [0.25, 0.3) is 5.56 Å². The summed E-state index contributed by atoms with van der Waals surface area (Å²) < 4.78 is 3.39. The molecule has 0 saturated heterocycles. The van der Waals surface area contributed by atoms with Gasteiger partial charge in [0.15, 0.2) is 0 Å². The van der Waals surface area contributed by atoms with Crippen LogP contribution in [0.15, 0.2) is 41.2 Å². The number of pyridine rings is 1. The number of aromatic nitrogens is 5. The molecule has 0 atom stereocenters. The average Bonchev–Trinajstić information content (AvgIpc) is 3.32. The van der Waals surface area contributed by atoms with Crippen molar-refractivity contribution < 1.29 is 4.79 Å². The number of fused-ring (bicyclic) bond motifs is 1. The van der Waals surface area contributed by atoms with Gasteiger partial charge in [0, 0.05) is 24.4 Å². The van der Waals surface area contributed by atoms with Crippen LogP contribution in [0.2, 0.25) is 0 Å². The van der Waals surface area contributed by atoms with Gasteiger partial charge in [-0.25, -0.2) is 4.68 Å². The van der Waals surface area contributed by atoms with Crippen LogP contribution < -0.4 is 10.9 Å². The fourth-order valence-electron chi connectivity index (χ4n) is 3.47. The second kappa shape index (κ2) is 8.19. The Labute approximate surface area is 177 Å². The predicted molar refractivity (Wildman–Crippen MR) is 117 cm³/mol. The van der Waals surface area contributed by atoms with Crippen LogP contribution in [-0.4, -0.2) is 30.5 Å². The van der Waals surface area contributed by atoms with E-state index < -0.39 is 0 Å². The molecule has 1 aromatic carbocycles. The lowest BCUT2D eigenvalue weighted by Gasteiger charge is -2.12. The fraction of sp³-hybridized carbons (Fsp3) is 0.286. The van der Waals surface area contributed by atoms with E-state index in [0.717, 1.165) is 33.8 Å². The second-order valence-corrected chi connectivity index (χ2v) is 8.06. The Morgan fingerprint density at radius 1 is 1.17 bits per heavy atom. The van der Waals surface area contributed by atoms with Crippen LogP contribution in [0.1, 0.15) is 29.6 Å². The summed E-state index contributed by atoms with van der Waals surface area (Å²) in [5.74, 6) is -0.211. The van der Waals surface area contributed by atoms with Crippen molar-refractivity contribution in [3.05, 3.63) is 63.0 Å². The van der Waals surface area contributed by atoms with Gasteiger partial charge in [-0.05, 0) is 38.0 Å². The molecule has 154 valence electrons. The number of benzene rings is 1. The number of carbonyl (C=O) groups excluding carboxylic acids is 1. The van der Waals surface area contributed by atoms with E-state index in [0.29, 0.717) is 10.8 Å². The Bertz CT molecular complexity index is 1270. The molecule has 0 spiro atoms. The third kappa shape index (κ3) is 3.76. The molecule has 1 N–H and O–H groups in total. The molecule has 0 fully saturated rings. The number of nitrogens with one attached hydrogen (secondary N) is 1. The standard InChI is InChI=1S/C21H22N6O2S/c1-4-17-23-24-21(30-17)22-16(28)10-11-26-18(29)12-13(2)19-14(3)25-27(20(19)26)15-8-6-5-7-9-15/h5-9,12H,4,10-11H2,1-3H3,(H,22,24,28). The number of anilines is 1. The summed E-state index contributed by atoms with van der Waals surface area (Å²) in [7, 11) is 0. The summed E-state index contributed by atoms with van der Waals surface area (Å²) in [6, 6.07) is 11.3. The normalized spacial score (nSPS) is 11.2. The summed E-state index contributed by atoms with van der Waals surface area (Å²) in [6.07, 6.45) is 0.908. The van der Waals surface area contributed by atoms with Crippen LogP contribution in [0.5, 0.6) is 0 Å². The highest BCUT2D eigenvalue weighted by Gasteiger charge is 2.18. The first kappa shape index (κ1) is 20.0. The zero-order chi connectivity index (χ0) is 21.3. The Morgan fingerprint density at radius 2 is 1.93 bits per heavy atom. The minimum absolute atomic E-state index is 0.137. The van der Waals surface area contributed by atoms with E-state index in [1.54, 1.807) is 15.3 Å². The molecule has 30 heavy (non-hydrogen) atoms. The molecule has 0 aliphatic heterocycles. The van der Waals surface area contributed by atoms with Gasteiger partial charge in [0.1, 0.15) is 10.7 Å². The molecule has 8 nitrogen and oxygen atoms in total. The van der Waals surface area contributed by atoms with Crippen LogP contribution in [-0.2, 0) is 17.8 Å². The number of amides is 1. The number of hydrogen-bond acceptors (Lipinski definition) is 6. The topological polar surface area (TPSA) is 94.7 Å². The first-order valence-electron chi connectivity index (χ1n) is 9.75. The molecule has 0 saturated carbocycles. The van der Waals surface area contributed by atoms with Crippen LogP contribution in [0.4, 0.5) is 5.13 Å². The molecule has 4 rings (SSSR count). The lowest BCUT2D eigenvalue weighted by molar-refractivity contribution is -0.116. The third-order valence-electron chi connectivity index (χ3n) is 4.87. The highest BCUT2D eigenvalue weighted by Crippen LogP contribution is 2.24. The van der Waals surface area contributed by atoms with E-state index in [2.05, 4.69) is 20.6 Å². The fourth-order valence-corrected chi connectivity index (χ4v) is 4.17. The molecule has 0 radical (unpaired) electrons. The SMILES string of the molecule is CCc1nnc(NC(=O)CCn2c(=O)cc(C)c3c(C)nn(-c4ccccc4)c32)s1. The quantitative estimate of drug-likeness (QED) is 0.515. The largest absolute Gasteiger partial charge is 0.300 e. The lowest BCUT2D eigenvalue weighted by Crippen LogP contribution is -2.25. The Hall–Kier alpha value is -3.33. The molecule has 1 amide bonds. The van der Waals surface area contributed by atoms with Gasteiger partial charge in [0.05, 0.1) is 11.4 Å². The molecule has 0 unspecified atom stereocenters. The van der Waals surface area contributed by atoms with Gasteiger partial charge < -0.3 is 5.32 Å². The van der Waals surface area contributed by atoms with Crippen LogP contribution in [0.3, 0.4) is 0 Å². The zero-order valence-corrected chi connectivity index (χ0v) is 17.9. The molecule has 4 aromatic rings. The summed E-state index contributed by atoms with van der Waals surface area (Å²) in [6.45, 7) is 6.06. The van der Waals surface area contributed by atoms with Crippen molar-refractivity contribution >= 4 is 33.4 Å². The molecular weight excluding hydrogens is 400 g/mol. The van der Waals surface area contributed by atoms with E-state index in [-0.39, 0.29) is 24.4 Å². The Kier molecular flexibility index (Phi) is 5.45. The second-order valence-electron chi connectivity index (χ2n) is 7.00. The van der Waals surface area contributed by atoms with Crippen molar-refractivity contribution in [3.63, 3.8) is 0 Å². The van der Waals surface area contributed by atoms with E-state index in [1.165, 1.54) is 11.3 Å². The number of aryl methyl sites for hydroxylation is 4. The molecular formula is C21H22N6O2S. The van der Waals surface area contributed by atoms with Crippen molar-refractivity contribution in [3.8, 4) is 5.69 Å². The van der Waals surface area contributed by atoms with Gasteiger partial charge in [-0.1, -0.05) is 36.5 Å². The molecule has 0 aliphatic carbocycles. The van der Waals surface area contributed by atoms with Crippen molar-refractivity contribution in [1.82, 2.24) is 24.5 Å². The van der Waals surface area contributed by atoms with Gasteiger partial charge in [-0.3, -0.25) is 14.2 Å². The predicted octanol–water partition coefficient (Wildman–Crippen LogP) is 3.25. The summed E-state index contributed by atoms with van der Waals surface area (Å²) in [4.78, 5) is 25.3. The zero-order valence-electron chi connectivity index (χ0n) is 17.0. The average molecular weight is 423 g/mol. The maximum atomic E-state index is 12.8.